The van der Waals surface area contributed by atoms with Crippen molar-refractivity contribution >= 4 is 39.4 Å². The van der Waals surface area contributed by atoms with Crippen LogP contribution in [-0.2, 0) is 13.0 Å². The number of nitrogens with zero attached hydrogens (tertiary/aromatic N) is 4. The lowest BCUT2D eigenvalue weighted by Crippen LogP contribution is -2.06. The fraction of sp³-hybridized carbons (Fsp3) is 0.300. The molecule has 0 aliphatic heterocycles. The predicted octanol–water partition coefficient (Wildman–Crippen LogP) is 7.53. The molecule has 0 saturated heterocycles. The minimum atomic E-state index is 0.536. The standard InChI is InChI=1S/C30H30ClN5/c1-20-27-14-15-36(30(27)34-19-33-20)26-12-7-21(16-26)2-3-22-4-8-24-9-13-29(35-28(24)17-22)32-18-23-5-10-25(31)11-6-23/h4-6,8-11,13-15,17,19,21,26H,2-3,7,12,16,18H2,1H3,(H,32,35)/t21-,26+/m1/s1. The Morgan fingerprint density at radius 2 is 1.81 bits per heavy atom. The van der Waals surface area contributed by atoms with Crippen molar-refractivity contribution in [1.82, 2.24) is 19.5 Å². The molecule has 1 N–H and O–H groups in total. The Morgan fingerprint density at radius 1 is 0.972 bits per heavy atom. The number of fused-ring (bicyclic) bond motifs is 2. The highest BCUT2D eigenvalue weighted by molar-refractivity contribution is 6.30. The number of halogens is 1. The summed E-state index contributed by atoms with van der Waals surface area (Å²) in [6, 6.07) is 21.5. The van der Waals surface area contributed by atoms with E-state index in [4.69, 9.17) is 16.6 Å². The Hall–Kier alpha value is -3.44. The molecular formula is C30H30ClN5. The van der Waals surface area contributed by atoms with Gasteiger partial charge in [0.2, 0.25) is 0 Å². The van der Waals surface area contributed by atoms with Crippen LogP contribution in [0.5, 0.6) is 0 Å². The average molecular weight is 496 g/mol. The summed E-state index contributed by atoms with van der Waals surface area (Å²) in [6.07, 6.45) is 9.91. The summed E-state index contributed by atoms with van der Waals surface area (Å²) in [4.78, 5) is 13.8. The van der Waals surface area contributed by atoms with Gasteiger partial charge in [-0.2, -0.15) is 0 Å². The van der Waals surface area contributed by atoms with Gasteiger partial charge in [0, 0.05) is 34.6 Å². The lowest BCUT2D eigenvalue weighted by molar-refractivity contribution is 0.461. The molecule has 36 heavy (non-hydrogen) atoms. The van der Waals surface area contributed by atoms with E-state index >= 15 is 0 Å². The van der Waals surface area contributed by atoms with Crippen LogP contribution in [0.3, 0.4) is 0 Å². The molecule has 3 heterocycles. The third-order valence-electron chi connectivity index (χ3n) is 7.60. The third kappa shape index (κ3) is 4.80. The highest BCUT2D eigenvalue weighted by Gasteiger charge is 2.26. The van der Waals surface area contributed by atoms with Crippen LogP contribution >= 0.6 is 11.6 Å². The number of nitrogens with one attached hydrogen (secondary N) is 1. The Kier molecular flexibility index (Phi) is 6.32. The lowest BCUT2D eigenvalue weighted by Gasteiger charge is -2.14. The highest BCUT2D eigenvalue weighted by Crippen LogP contribution is 2.38. The van der Waals surface area contributed by atoms with Crippen molar-refractivity contribution in [2.24, 2.45) is 5.92 Å². The number of rotatable bonds is 7. The summed E-state index contributed by atoms with van der Waals surface area (Å²) < 4.78 is 2.38. The summed E-state index contributed by atoms with van der Waals surface area (Å²) in [5.74, 6) is 1.64. The molecule has 2 aromatic carbocycles. The van der Waals surface area contributed by atoms with E-state index in [-0.39, 0.29) is 0 Å². The van der Waals surface area contributed by atoms with E-state index in [2.05, 4.69) is 63.3 Å². The van der Waals surface area contributed by atoms with Gasteiger partial charge < -0.3 is 9.88 Å². The van der Waals surface area contributed by atoms with Crippen LogP contribution in [0.15, 0.2) is 73.2 Å². The lowest BCUT2D eigenvalue weighted by atomic mass is 9.97. The van der Waals surface area contributed by atoms with Crippen LogP contribution in [0.1, 0.15) is 48.5 Å². The number of aryl methyl sites for hydroxylation is 2. The monoisotopic (exact) mass is 495 g/mol. The third-order valence-corrected chi connectivity index (χ3v) is 7.85. The first-order valence-electron chi connectivity index (χ1n) is 12.8. The van der Waals surface area contributed by atoms with Crippen molar-refractivity contribution in [2.45, 2.75) is 51.6 Å². The summed E-state index contributed by atoms with van der Waals surface area (Å²) in [7, 11) is 0. The van der Waals surface area contributed by atoms with E-state index in [1.807, 2.05) is 30.3 Å². The molecule has 0 radical (unpaired) electrons. The van der Waals surface area contributed by atoms with Gasteiger partial charge in [0.1, 0.15) is 17.8 Å². The molecule has 5 aromatic rings. The topological polar surface area (TPSA) is 55.6 Å². The van der Waals surface area contributed by atoms with Crippen molar-refractivity contribution < 1.29 is 0 Å². The van der Waals surface area contributed by atoms with Crippen LogP contribution in [0.2, 0.25) is 5.02 Å². The maximum absolute atomic E-state index is 5.99. The molecule has 2 atom stereocenters. The summed E-state index contributed by atoms with van der Waals surface area (Å²) >= 11 is 5.99. The molecular weight excluding hydrogens is 466 g/mol. The van der Waals surface area contributed by atoms with Crippen molar-refractivity contribution in [3.63, 3.8) is 0 Å². The second kappa shape index (κ2) is 9.90. The molecule has 1 aliphatic rings. The minimum Gasteiger partial charge on any atom is -0.366 e. The van der Waals surface area contributed by atoms with Gasteiger partial charge in [-0.3, -0.25) is 0 Å². The van der Waals surface area contributed by atoms with Crippen LogP contribution in [0.4, 0.5) is 5.82 Å². The number of benzene rings is 2. The van der Waals surface area contributed by atoms with Crippen molar-refractivity contribution in [3.8, 4) is 0 Å². The van der Waals surface area contributed by atoms with Gasteiger partial charge in [-0.1, -0.05) is 35.9 Å². The molecule has 0 amide bonds. The first-order chi connectivity index (χ1) is 17.6. The zero-order chi connectivity index (χ0) is 24.5. The van der Waals surface area contributed by atoms with Gasteiger partial charge in [-0.15, -0.1) is 0 Å². The largest absolute Gasteiger partial charge is 0.366 e. The first-order valence-corrected chi connectivity index (χ1v) is 13.2. The molecule has 1 aliphatic carbocycles. The number of hydrogen-bond donors (Lipinski definition) is 1. The van der Waals surface area contributed by atoms with Gasteiger partial charge in [0.25, 0.3) is 0 Å². The highest BCUT2D eigenvalue weighted by atomic mass is 35.5. The van der Waals surface area contributed by atoms with E-state index in [0.717, 1.165) is 46.6 Å². The van der Waals surface area contributed by atoms with Gasteiger partial charge >= 0.3 is 0 Å². The van der Waals surface area contributed by atoms with Crippen LogP contribution in [0.25, 0.3) is 21.9 Å². The van der Waals surface area contributed by atoms with Gasteiger partial charge in [0.05, 0.1) is 11.2 Å². The van der Waals surface area contributed by atoms with Crippen molar-refractivity contribution in [3.05, 3.63) is 95.0 Å². The molecule has 3 aromatic heterocycles. The Morgan fingerprint density at radius 3 is 2.69 bits per heavy atom. The van der Waals surface area contributed by atoms with Crippen LogP contribution in [0, 0.1) is 12.8 Å². The zero-order valence-corrected chi connectivity index (χ0v) is 21.2. The van der Waals surface area contributed by atoms with E-state index in [1.54, 1.807) is 6.33 Å². The second-order valence-electron chi connectivity index (χ2n) is 9.99. The Balaban J connectivity index is 1.09. The minimum absolute atomic E-state index is 0.536. The summed E-state index contributed by atoms with van der Waals surface area (Å²) in [6.45, 7) is 2.78. The van der Waals surface area contributed by atoms with Crippen molar-refractivity contribution in [2.75, 3.05) is 5.32 Å². The molecule has 0 unspecified atom stereocenters. The zero-order valence-electron chi connectivity index (χ0n) is 20.5. The van der Waals surface area contributed by atoms with Crippen LogP contribution < -0.4 is 5.32 Å². The van der Waals surface area contributed by atoms with Gasteiger partial charge in [-0.25, -0.2) is 15.0 Å². The van der Waals surface area contributed by atoms with Gasteiger partial charge in [-0.05, 0) is 92.5 Å². The molecule has 5 nitrogen and oxygen atoms in total. The molecule has 1 saturated carbocycles. The van der Waals surface area contributed by atoms with Crippen LogP contribution in [-0.4, -0.2) is 19.5 Å². The SMILES string of the molecule is Cc1ncnc2c1ccn2[C@H]1CC[C@@H](CCc2ccc3ccc(NCc4ccc(Cl)cc4)nc3c2)C1. The molecule has 182 valence electrons. The van der Waals surface area contributed by atoms with E-state index in [0.29, 0.717) is 6.04 Å². The Labute approximate surface area is 216 Å². The van der Waals surface area contributed by atoms with Crippen molar-refractivity contribution in [1.29, 1.82) is 0 Å². The van der Waals surface area contributed by atoms with E-state index < -0.39 is 0 Å². The van der Waals surface area contributed by atoms with E-state index in [9.17, 15) is 0 Å². The Bertz CT molecular complexity index is 1510. The predicted molar refractivity (Wildman–Crippen MR) is 147 cm³/mol. The second-order valence-corrected chi connectivity index (χ2v) is 10.4. The quantitative estimate of drug-likeness (QED) is 0.253. The average Bonchev–Trinajstić information content (AvgIpc) is 3.55. The van der Waals surface area contributed by atoms with E-state index in [1.165, 1.54) is 47.6 Å². The number of anilines is 1. The molecule has 6 rings (SSSR count). The number of hydrogen-bond acceptors (Lipinski definition) is 4. The summed E-state index contributed by atoms with van der Waals surface area (Å²) in [5, 5.41) is 6.54. The number of pyridine rings is 1. The fourth-order valence-corrected chi connectivity index (χ4v) is 5.66. The fourth-order valence-electron chi connectivity index (χ4n) is 5.54. The maximum Gasteiger partial charge on any atom is 0.143 e. The molecule has 0 bridgehead atoms. The molecule has 0 spiro atoms. The summed E-state index contributed by atoms with van der Waals surface area (Å²) in [5.41, 5.74) is 5.73. The first kappa shape index (κ1) is 23.0. The van der Waals surface area contributed by atoms with Gasteiger partial charge in [0.15, 0.2) is 0 Å². The maximum atomic E-state index is 5.99. The normalized spacial score (nSPS) is 17.7. The number of aromatic nitrogens is 4. The smallest absolute Gasteiger partial charge is 0.143 e. The molecule has 1 fully saturated rings. The molecule has 6 heteroatoms.